The molecule has 3 aromatic heterocycles. The van der Waals surface area contributed by atoms with E-state index in [2.05, 4.69) is 64.6 Å². The molecular weight excluding hydrogens is 432 g/mol. The molecule has 4 heterocycles. The summed E-state index contributed by atoms with van der Waals surface area (Å²) in [6.07, 6.45) is 4.55. The molecule has 2 fully saturated rings. The van der Waals surface area contributed by atoms with Gasteiger partial charge in [0, 0.05) is 47.5 Å². The highest BCUT2D eigenvalue weighted by Crippen LogP contribution is 2.42. The number of aromatic nitrogens is 4. The number of anilines is 3. The molecular formula is C25H30N6OS. The molecule has 1 aliphatic carbocycles. The summed E-state index contributed by atoms with van der Waals surface area (Å²) in [5.74, 6) is 3.54. The fourth-order valence-corrected chi connectivity index (χ4v) is 6.01. The number of aliphatic hydroxyl groups is 1. The van der Waals surface area contributed by atoms with Crippen molar-refractivity contribution < 1.29 is 5.11 Å². The first-order valence-corrected chi connectivity index (χ1v) is 12.7. The van der Waals surface area contributed by atoms with E-state index in [1.54, 1.807) is 11.3 Å². The second-order valence-electron chi connectivity index (χ2n) is 10.2. The van der Waals surface area contributed by atoms with Crippen LogP contribution in [0.15, 0.2) is 30.3 Å². The molecule has 0 atom stereocenters. The summed E-state index contributed by atoms with van der Waals surface area (Å²) in [4.78, 5) is 12.3. The molecule has 0 radical (unpaired) electrons. The van der Waals surface area contributed by atoms with Crippen LogP contribution in [0.3, 0.4) is 0 Å². The quantitative estimate of drug-likeness (QED) is 0.354. The number of aromatic amines is 1. The lowest BCUT2D eigenvalue weighted by Gasteiger charge is -2.39. The molecule has 1 saturated carbocycles. The van der Waals surface area contributed by atoms with E-state index in [9.17, 15) is 5.11 Å². The summed E-state index contributed by atoms with van der Waals surface area (Å²) >= 11 is 1.72. The maximum absolute atomic E-state index is 9.79. The van der Waals surface area contributed by atoms with Crippen LogP contribution < -0.4 is 10.2 Å². The lowest BCUT2D eigenvalue weighted by molar-refractivity contribution is 0.0811. The fraction of sp³-hybridized carbons (Fsp3) is 0.480. The lowest BCUT2D eigenvalue weighted by atomic mass is 9.74. The van der Waals surface area contributed by atoms with E-state index >= 15 is 0 Å². The smallest absolute Gasteiger partial charge is 0.227 e. The van der Waals surface area contributed by atoms with Gasteiger partial charge in [-0.15, -0.1) is 11.3 Å². The van der Waals surface area contributed by atoms with Crippen LogP contribution in [-0.2, 0) is 0 Å². The number of thiophene rings is 1. The Morgan fingerprint density at radius 3 is 2.70 bits per heavy atom. The summed E-state index contributed by atoms with van der Waals surface area (Å²) in [6, 6.07) is 10.5. The first-order chi connectivity index (χ1) is 16.0. The largest absolute Gasteiger partial charge is 0.396 e. The maximum Gasteiger partial charge on any atom is 0.227 e. The third-order valence-corrected chi connectivity index (χ3v) is 8.53. The number of nitrogens with one attached hydrogen (secondary N) is 2. The van der Waals surface area contributed by atoms with E-state index in [4.69, 9.17) is 9.97 Å². The Labute approximate surface area is 197 Å². The van der Waals surface area contributed by atoms with Gasteiger partial charge in [-0.3, -0.25) is 5.10 Å². The molecule has 33 heavy (non-hydrogen) atoms. The van der Waals surface area contributed by atoms with Gasteiger partial charge in [0.2, 0.25) is 5.95 Å². The van der Waals surface area contributed by atoms with Gasteiger partial charge in [0.1, 0.15) is 0 Å². The lowest BCUT2D eigenvalue weighted by Crippen LogP contribution is -2.41. The van der Waals surface area contributed by atoms with Crippen LogP contribution in [0.1, 0.15) is 51.1 Å². The van der Waals surface area contributed by atoms with Gasteiger partial charge < -0.3 is 15.3 Å². The number of rotatable bonds is 6. The van der Waals surface area contributed by atoms with Crippen LogP contribution in [0.25, 0.3) is 20.3 Å². The monoisotopic (exact) mass is 462 g/mol. The highest BCUT2D eigenvalue weighted by molar-refractivity contribution is 7.26. The maximum atomic E-state index is 9.79. The molecule has 1 aromatic carbocycles. The van der Waals surface area contributed by atoms with Crippen LogP contribution >= 0.6 is 11.3 Å². The fourth-order valence-electron chi connectivity index (χ4n) is 4.92. The number of hydrogen-bond donors (Lipinski definition) is 3. The van der Waals surface area contributed by atoms with Crippen molar-refractivity contribution in [2.45, 2.75) is 45.4 Å². The van der Waals surface area contributed by atoms with Crippen LogP contribution in [-0.4, -0.2) is 45.0 Å². The Balaban J connectivity index is 1.36. The minimum Gasteiger partial charge on any atom is -0.396 e. The normalized spacial score (nSPS) is 17.8. The highest BCUT2D eigenvalue weighted by Gasteiger charge is 2.33. The summed E-state index contributed by atoms with van der Waals surface area (Å²) in [6.45, 7) is 6.34. The molecule has 1 aliphatic heterocycles. The van der Waals surface area contributed by atoms with Crippen LogP contribution in [0.4, 0.5) is 17.6 Å². The van der Waals surface area contributed by atoms with Crippen molar-refractivity contribution in [2.24, 2.45) is 11.3 Å². The summed E-state index contributed by atoms with van der Waals surface area (Å²) < 4.78 is 2.28. The average Bonchev–Trinajstić information content (AvgIpc) is 3.47. The van der Waals surface area contributed by atoms with E-state index in [0.717, 1.165) is 53.7 Å². The molecule has 7 nitrogen and oxygen atoms in total. The molecule has 0 bridgehead atoms. The van der Waals surface area contributed by atoms with E-state index in [1.165, 1.54) is 28.6 Å². The molecule has 0 spiro atoms. The molecule has 0 amide bonds. The van der Waals surface area contributed by atoms with Gasteiger partial charge in [-0.1, -0.05) is 32.0 Å². The van der Waals surface area contributed by atoms with Crippen LogP contribution in [0.2, 0.25) is 0 Å². The number of benzene rings is 1. The predicted molar refractivity (Wildman–Crippen MR) is 135 cm³/mol. The van der Waals surface area contributed by atoms with Crippen molar-refractivity contribution in [3.05, 3.63) is 36.0 Å². The van der Waals surface area contributed by atoms with E-state index in [1.807, 2.05) is 0 Å². The van der Waals surface area contributed by atoms with Crippen molar-refractivity contribution in [1.29, 1.82) is 0 Å². The molecule has 6 rings (SSSR count). The van der Waals surface area contributed by atoms with Crippen molar-refractivity contribution in [2.75, 3.05) is 29.9 Å². The van der Waals surface area contributed by atoms with E-state index in [0.29, 0.717) is 11.8 Å². The zero-order chi connectivity index (χ0) is 22.6. The topological polar surface area (TPSA) is 90.0 Å². The molecule has 172 valence electrons. The summed E-state index contributed by atoms with van der Waals surface area (Å²) in [7, 11) is 0. The first-order valence-electron chi connectivity index (χ1n) is 11.9. The molecule has 4 aromatic rings. The molecule has 0 unspecified atom stereocenters. The van der Waals surface area contributed by atoms with Gasteiger partial charge in [-0.2, -0.15) is 10.1 Å². The van der Waals surface area contributed by atoms with Crippen molar-refractivity contribution in [3.63, 3.8) is 0 Å². The summed E-state index contributed by atoms with van der Waals surface area (Å²) in [5.41, 5.74) is 2.15. The first kappa shape index (κ1) is 20.9. The number of nitrogens with zero attached hydrogens (tertiary/aromatic N) is 4. The van der Waals surface area contributed by atoms with Crippen LogP contribution in [0.5, 0.6) is 0 Å². The van der Waals surface area contributed by atoms with Crippen molar-refractivity contribution in [3.8, 4) is 0 Å². The third-order valence-electron chi connectivity index (χ3n) is 7.36. The molecule has 1 saturated heterocycles. The van der Waals surface area contributed by atoms with Gasteiger partial charge in [0.15, 0.2) is 11.6 Å². The predicted octanol–water partition coefficient (Wildman–Crippen LogP) is 5.42. The number of piperidine rings is 1. The standard InChI is InChI=1S/C25H30N6OS/c1-25(2,14-32)16-9-11-31(12-10-16)24-27-21-17-5-3-4-6-19(17)33-22(21)23(28-24)26-20-13-18(29-30-20)15-7-8-15/h3-6,13,15-16,32H,7-12,14H2,1-2H3,(H2,26,27,28,29,30). The Morgan fingerprint density at radius 1 is 1.15 bits per heavy atom. The van der Waals surface area contributed by atoms with Gasteiger partial charge in [0.05, 0.1) is 10.2 Å². The number of aliphatic hydroxyl groups excluding tert-OH is 1. The molecule has 3 N–H and O–H groups in total. The van der Waals surface area contributed by atoms with Crippen molar-refractivity contribution in [1.82, 2.24) is 20.2 Å². The minimum absolute atomic E-state index is 0.0492. The zero-order valence-corrected chi connectivity index (χ0v) is 20.0. The molecule has 8 heteroatoms. The zero-order valence-electron chi connectivity index (χ0n) is 19.1. The second kappa shape index (κ2) is 7.95. The van der Waals surface area contributed by atoms with E-state index < -0.39 is 0 Å². The van der Waals surface area contributed by atoms with Gasteiger partial charge in [0.25, 0.3) is 0 Å². The average molecular weight is 463 g/mol. The molecule has 2 aliphatic rings. The number of fused-ring (bicyclic) bond motifs is 3. The Kier molecular flexibility index (Phi) is 5.03. The van der Waals surface area contributed by atoms with Crippen molar-refractivity contribution >= 4 is 49.2 Å². The SMILES string of the molecule is CC(C)(CO)C1CCN(c2nc(Nc3cc(C4CC4)[nH]n3)c3sc4ccccc4c3n2)CC1. The Hall–Kier alpha value is -2.71. The van der Waals surface area contributed by atoms with Crippen LogP contribution in [0, 0.1) is 11.3 Å². The summed E-state index contributed by atoms with van der Waals surface area (Å²) in [5, 5.41) is 22.1. The number of hydrogen-bond acceptors (Lipinski definition) is 7. The Morgan fingerprint density at radius 2 is 1.94 bits per heavy atom. The Bertz CT molecular complexity index is 1300. The number of H-pyrrole nitrogens is 1. The highest BCUT2D eigenvalue weighted by atomic mass is 32.1. The minimum atomic E-state index is -0.0492. The van der Waals surface area contributed by atoms with E-state index in [-0.39, 0.29) is 12.0 Å². The third kappa shape index (κ3) is 3.85. The second-order valence-corrected chi connectivity index (χ2v) is 11.2. The van der Waals surface area contributed by atoms with Gasteiger partial charge in [-0.25, -0.2) is 4.98 Å². The van der Waals surface area contributed by atoms with Gasteiger partial charge >= 0.3 is 0 Å². The van der Waals surface area contributed by atoms with Gasteiger partial charge in [-0.05, 0) is 43.1 Å².